The van der Waals surface area contributed by atoms with Gasteiger partial charge in [-0.2, -0.15) is 5.26 Å². The normalized spacial score (nSPS) is 15.6. The van der Waals surface area contributed by atoms with Gasteiger partial charge < -0.3 is 9.73 Å². The van der Waals surface area contributed by atoms with Crippen LogP contribution in [0.1, 0.15) is 46.1 Å². The average molecular weight is 352 g/mol. The third kappa shape index (κ3) is 4.50. The van der Waals surface area contributed by atoms with Crippen molar-refractivity contribution in [1.29, 1.82) is 5.26 Å². The molecule has 1 N–H and O–H groups in total. The number of nitriles is 1. The number of benzene rings is 1. The molecular formula is C20H24N4O2. The molecule has 6 heteroatoms. The second-order valence-corrected chi connectivity index (χ2v) is 6.87. The van der Waals surface area contributed by atoms with Crippen molar-refractivity contribution >= 4 is 5.91 Å². The number of aryl methyl sites for hydroxylation is 2. The van der Waals surface area contributed by atoms with Gasteiger partial charge in [0.05, 0.1) is 23.9 Å². The summed E-state index contributed by atoms with van der Waals surface area (Å²) in [4.78, 5) is 19.0. The molecule has 1 aliphatic rings. The van der Waals surface area contributed by atoms with Gasteiger partial charge in [0, 0.05) is 12.1 Å². The number of nitrogens with one attached hydrogen (secondary N) is 1. The lowest BCUT2D eigenvalue weighted by atomic mass is 9.96. The predicted molar refractivity (Wildman–Crippen MR) is 97.5 cm³/mol. The maximum atomic E-state index is 12.2. The van der Waals surface area contributed by atoms with Gasteiger partial charge in [-0.25, -0.2) is 4.98 Å². The number of rotatable bonds is 5. The molecule has 6 nitrogen and oxygen atoms in total. The standard InChI is InChI=1S/C20H24N4O2/c1-14-15(2)26-19(23-14)13-24-9-7-17(8-10-24)12-22-20(25)18-5-3-16(11-21)4-6-18/h3-6,17H,7-10,12-13H2,1-2H3,(H,22,25). The molecular weight excluding hydrogens is 328 g/mol. The van der Waals surface area contributed by atoms with Crippen LogP contribution in [0.2, 0.25) is 0 Å². The fraction of sp³-hybridized carbons (Fsp3) is 0.450. The van der Waals surface area contributed by atoms with Crippen LogP contribution in [0.4, 0.5) is 0 Å². The van der Waals surface area contributed by atoms with Crippen molar-refractivity contribution in [3.63, 3.8) is 0 Å². The Kier molecular flexibility index (Phi) is 5.69. The fourth-order valence-electron chi connectivity index (χ4n) is 3.18. The van der Waals surface area contributed by atoms with Crippen LogP contribution < -0.4 is 5.32 Å². The van der Waals surface area contributed by atoms with E-state index < -0.39 is 0 Å². The van der Waals surface area contributed by atoms with Gasteiger partial charge in [-0.15, -0.1) is 0 Å². The number of hydrogen-bond donors (Lipinski definition) is 1. The molecule has 136 valence electrons. The van der Waals surface area contributed by atoms with Crippen LogP contribution >= 0.6 is 0 Å². The topological polar surface area (TPSA) is 82.2 Å². The second kappa shape index (κ2) is 8.15. The maximum absolute atomic E-state index is 12.2. The monoisotopic (exact) mass is 352 g/mol. The molecule has 26 heavy (non-hydrogen) atoms. The number of carbonyl (C=O) groups excluding carboxylic acids is 1. The van der Waals surface area contributed by atoms with Crippen molar-refractivity contribution in [2.24, 2.45) is 5.92 Å². The zero-order chi connectivity index (χ0) is 18.5. The molecule has 0 bridgehead atoms. The van der Waals surface area contributed by atoms with E-state index in [1.54, 1.807) is 24.3 Å². The average Bonchev–Trinajstić information content (AvgIpc) is 2.98. The van der Waals surface area contributed by atoms with E-state index in [9.17, 15) is 4.79 Å². The summed E-state index contributed by atoms with van der Waals surface area (Å²) < 4.78 is 5.66. The highest BCUT2D eigenvalue weighted by atomic mass is 16.4. The van der Waals surface area contributed by atoms with Crippen molar-refractivity contribution in [3.8, 4) is 6.07 Å². The minimum Gasteiger partial charge on any atom is -0.444 e. The van der Waals surface area contributed by atoms with E-state index in [-0.39, 0.29) is 5.91 Å². The van der Waals surface area contributed by atoms with Crippen LogP contribution in [0.15, 0.2) is 28.7 Å². The number of oxazole rings is 1. The molecule has 1 amide bonds. The lowest BCUT2D eigenvalue weighted by Crippen LogP contribution is -2.38. The Bertz CT molecular complexity index is 777. The number of carbonyl (C=O) groups is 1. The quantitative estimate of drug-likeness (QED) is 0.895. The van der Waals surface area contributed by atoms with Crippen molar-refractivity contribution < 1.29 is 9.21 Å². The summed E-state index contributed by atoms with van der Waals surface area (Å²) in [7, 11) is 0. The minimum atomic E-state index is -0.0809. The lowest BCUT2D eigenvalue weighted by molar-refractivity contribution is 0.0934. The molecule has 0 aliphatic carbocycles. The zero-order valence-electron chi connectivity index (χ0n) is 15.3. The zero-order valence-corrected chi connectivity index (χ0v) is 15.3. The number of amides is 1. The molecule has 0 saturated carbocycles. The first-order valence-corrected chi connectivity index (χ1v) is 8.99. The molecule has 2 heterocycles. The third-order valence-electron chi connectivity index (χ3n) is 4.97. The second-order valence-electron chi connectivity index (χ2n) is 6.87. The first kappa shape index (κ1) is 18.2. The fourth-order valence-corrected chi connectivity index (χ4v) is 3.18. The third-order valence-corrected chi connectivity index (χ3v) is 4.97. The maximum Gasteiger partial charge on any atom is 0.251 e. The molecule has 3 rings (SSSR count). The van der Waals surface area contributed by atoms with Crippen LogP contribution in [0.5, 0.6) is 0 Å². The molecule has 1 aromatic heterocycles. The van der Waals surface area contributed by atoms with Gasteiger partial charge in [-0.05, 0) is 70.0 Å². The van der Waals surface area contributed by atoms with E-state index in [1.807, 2.05) is 13.8 Å². The van der Waals surface area contributed by atoms with Gasteiger partial charge >= 0.3 is 0 Å². The van der Waals surface area contributed by atoms with Crippen LogP contribution in [0.25, 0.3) is 0 Å². The molecule has 0 atom stereocenters. The highest BCUT2D eigenvalue weighted by molar-refractivity contribution is 5.94. The van der Waals surface area contributed by atoms with Crippen molar-refractivity contribution in [2.45, 2.75) is 33.2 Å². The van der Waals surface area contributed by atoms with E-state index in [4.69, 9.17) is 9.68 Å². The van der Waals surface area contributed by atoms with E-state index >= 15 is 0 Å². The Morgan fingerprint density at radius 3 is 2.58 bits per heavy atom. The predicted octanol–water partition coefficient (Wildman–Crippen LogP) is 2.81. The Balaban J connectivity index is 1.42. The van der Waals surface area contributed by atoms with Crippen LogP contribution in [0.3, 0.4) is 0 Å². The first-order valence-electron chi connectivity index (χ1n) is 8.99. The van der Waals surface area contributed by atoms with E-state index in [1.165, 1.54) is 0 Å². The van der Waals surface area contributed by atoms with E-state index in [0.29, 0.717) is 23.6 Å². The van der Waals surface area contributed by atoms with Crippen LogP contribution in [-0.4, -0.2) is 35.4 Å². The minimum absolute atomic E-state index is 0.0809. The van der Waals surface area contributed by atoms with Gasteiger partial charge in [-0.3, -0.25) is 9.69 Å². The summed E-state index contributed by atoms with van der Waals surface area (Å²) in [5, 5.41) is 11.8. The molecule has 0 radical (unpaired) electrons. The van der Waals surface area contributed by atoms with E-state index in [0.717, 1.165) is 49.8 Å². The molecule has 1 fully saturated rings. The molecule has 0 unspecified atom stereocenters. The lowest BCUT2D eigenvalue weighted by Gasteiger charge is -2.31. The Morgan fingerprint density at radius 2 is 2.00 bits per heavy atom. The summed E-state index contributed by atoms with van der Waals surface area (Å²) in [5.41, 5.74) is 2.11. The van der Waals surface area contributed by atoms with E-state index in [2.05, 4.69) is 21.3 Å². The smallest absolute Gasteiger partial charge is 0.251 e. The SMILES string of the molecule is Cc1nc(CN2CCC(CNC(=O)c3ccc(C#N)cc3)CC2)oc1C. The number of piperidine rings is 1. The van der Waals surface area contributed by atoms with Crippen LogP contribution in [0, 0.1) is 31.1 Å². The molecule has 1 aliphatic heterocycles. The molecule has 1 saturated heterocycles. The largest absolute Gasteiger partial charge is 0.444 e. The van der Waals surface area contributed by atoms with Crippen LogP contribution in [-0.2, 0) is 6.54 Å². The van der Waals surface area contributed by atoms with Crippen molar-refractivity contribution in [3.05, 3.63) is 52.7 Å². The molecule has 0 spiro atoms. The van der Waals surface area contributed by atoms with Gasteiger partial charge in [-0.1, -0.05) is 0 Å². The van der Waals surface area contributed by atoms with Crippen molar-refractivity contribution in [2.75, 3.05) is 19.6 Å². The number of likely N-dealkylation sites (tertiary alicyclic amines) is 1. The Morgan fingerprint density at radius 1 is 1.31 bits per heavy atom. The summed E-state index contributed by atoms with van der Waals surface area (Å²) in [6.07, 6.45) is 2.10. The van der Waals surface area contributed by atoms with Crippen molar-refractivity contribution in [1.82, 2.24) is 15.2 Å². The van der Waals surface area contributed by atoms with Gasteiger partial charge in [0.15, 0.2) is 0 Å². The summed E-state index contributed by atoms with van der Waals surface area (Å²) >= 11 is 0. The molecule has 2 aromatic rings. The highest BCUT2D eigenvalue weighted by Crippen LogP contribution is 2.19. The Labute approximate surface area is 153 Å². The highest BCUT2D eigenvalue weighted by Gasteiger charge is 2.21. The summed E-state index contributed by atoms with van der Waals surface area (Å²) in [5.74, 6) is 2.08. The first-order chi connectivity index (χ1) is 12.5. The number of aromatic nitrogens is 1. The van der Waals surface area contributed by atoms with Gasteiger partial charge in [0.25, 0.3) is 5.91 Å². The Hall–Kier alpha value is -2.65. The number of nitrogens with zero attached hydrogens (tertiary/aromatic N) is 3. The molecule has 1 aromatic carbocycles. The summed E-state index contributed by atoms with van der Waals surface area (Å²) in [6.45, 7) is 7.30. The summed E-state index contributed by atoms with van der Waals surface area (Å²) in [6, 6.07) is 8.77. The van der Waals surface area contributed by atoms with Gasteiger partial charge in [0.2, 0.25) is 5.89 Å². The number of hydrogen-bond acceptors (Lipinski definition) is 5. The van der Waals surface area contributed by atoms with Gasteiger partial charge in [0.1, 0.15) is 5.76 Å².